The summed E-state index contributed by atoms with van der Waals surface area (Å²) < 4.78 is 0. The largest absolute Gasteiger partial charge is 0.366 e. The van der Waals surface area contributed by atoms with Crippen LogP contribution < -0.4 is 21.3 Å². The van der Waals surface area contributed by atoms with Crippen LogP contribution in [0.15, 0.2) is 54.7 Å². The van der Waals surface area contributed by atoms with Crippen LogP contribution >= 0.6 is 0 Å². The number of piperazine rings is 1. The van der Waals surface area contributed by atoms with Gasteiger partial charge in [-0.2, -0.15) is 0 Å². The molecular formula is C22H24N6O. The number of nitrogens with two attached hydrogens (primary N) is 1. The summed E-state index contributed by atoms with van der Waals surface area (Å²) in [6.45, 7) is 5.50. The lowest BCUT2D eigenvalue weighted by molar-refractivity contribution is 0.1000. The Labute approximate surface area is 170 Å². The number of primary amides is 1. The lowest BCUT2D eigenvalue weighted by Gasteiger charge is -2.29. The molecule has 1 saturated heterocycles. The molecule has 7 nitrogen and oxygen atoms in total. The smallest absolute Gasteiger partial charge is 0.248 e. The van der Waals surface area contributed by atoms with Gasteiger partial charge >= 0.3 is 0 Å². The van der Waals surface area contributed by atoms with Gasteiger partial charge in [0.05, 0.1) is 5.69 Å². The van der Waals surface area contributed by atoms with E-state index in [0.29, 0.717) is 17.1 Å². The fraction of sp³-hybridized carbons (Fsp3) is 0.227. The van der Waals surface area contributed by atoms with Gasteiger partial charge in [0.2, 0.25) is 5.91 Å². The van der Waals surface area contributed by atoms with E-state index in [9.17, 15) is 4.79 Å². The quantitative estimate of drug-likeness (QED) is 0.622. The molecule has 0 spiro atoms. The highest BCUT2D eigenvalue weighted by atomic mass is 16.1. The van der Waals surface area contributed by atoms with Gasteiger partial charge < -0.3 is 21.3 Å². The predicted octanol–water partition coefficient (Wildman–Crippen LogP) is 2.70. The molecule has 4 rings (SSSR count). The van der Waals surface area contributed by atoms with Crippen LogP contribution in [0.1, 0.15) is 15.9 Å². The van der Waals surface area contributed by atoms with Crippen molar-refractivity contribution < 1.29 is 4.79 Å². The molecule has 29 heavy (non-hydrogen) atoms. The minimum Gasteiger partial charge on any atom is -0.366 e. The first kappa shape index (κ1) is 18.9. The van der Waals surface area contributed by atoms with E-state index in [1.807, 2.05) is 37.3 Å². The number of hydrogen-bond donors (Lipinski definition) is 3. The minimum absolute atomic E-state index is 0.452. The van der Waals surface area contributed by atoms with E-state index in [4.69, 9.17) is 10.7 Å². The fourth-order valence-electron chi connectivity index (χ4n) is 3.39. The number of carbonyl (C=O) groups excluding carboxylic acids is 1. The number of carbonyl (C=O) groups is 1. The molecule has 1 amide bonds. The Morgan fingerprint density at radius 3 is 2.72 bits per heavy atom. The van der Waals surface area contributed by atoms with E-state index in [-0.39, 0.29) is 0 Å². The van der Waals surface area contributed by atoms with Crippen molar-refractivity contribution in [2.75, 3.05) is 36.4 Å². The molecule has 1 aliphatic rings. The number of aromatic nitrogens is 2. The Kier molecular flexibility index (Phi) is 5.39. The van der Waals surface area contributed by atoms with Gasteiger partial charge in [0.25, 0.3) is 0 Å². The van der Waals surface area contributed by atoms with Crippen molar-refractivity contribution in [1.29, 1.82) is 0 Å². The molecule has 7 heteroatoms. The second-order valence-electron chi connectivity index (χ2n) is 7.12. The monoisotopic (exact) mass is 388 g/mol. The molecule has 3 aromatic rings. The van der Waals surface area contributed by atoms with Crippen molar-refractivity contribution in [2.45, 2.75) is 6.92 Å². The van der Waals surface area contributed by atoms with E-state index in [0.717, 1.165) is 43.2 Å². The van der Waals surface area contributed by atoms with Crippen LogP contribution in [0.2, 0.25) is 0 Å². The second kappa shape index (κ2) is 8.28. The second-order valence-corrected chi connectivity index (χ2v) is 7.12. The van der Waals surface area contributed by atoms with E-state index >= 15 is 0 Å². The molecule has 148 valence electrons. The van der Waals surface area contributed by atoms with Crippen LogP contribution in [0.5, 0.6) is 0 Å². The molecule has 1 fully saturated rings. The van der Waals surface area contributed by atoms with Gasteiger partial charge in [-0.3, -0.25) is 4.79 Å². The highest BCUT2D eigenvalue weighted by Crippen LogP contribution is 2.26. The van der Waals surface area contributed by atoms with Crippen molar-refractivity contribution in [3.05, 3.63) is 65.9 Å². The number of anilines is 3. The molecule has 1 aromatic carbocycles. The SMILES string of the molecule is Cc1cccc(Nc2cc(-c3cc(C(N)=O)cc(N4CCNCC4)n3)ccn2)c1. The van der Waals surface area contributed by atoms with E-state index in [1.54, 1.807) is 18.3 Å². The van der Waals surface area contributed by atoms with Crippen molar-refractivity contribution >= 4 is 23.2 Å². The zero-order valence-electron chi connectivity index (χ0n) is 16.4. The zero-order chi connectivity index (χ0) is 20.2. The summed E-state index contributed by atoms with van der Waals surface area (Å²) in [5.41, 5.74) is 9.74. The van der Waals surface area contributed by atoms with Gasteiger partial charge in [0, 0.05) is 49.2 Å². The van der Waals surface area contributed by atoms with Crippen LogP contribution in [-0.4, -0.2) is 42.1 Å². The van der Waals surface area contributed by atoms with Crippen molar-refractivity contribution in [2.24, 2.45) is 5.73 Å². The van der Waals surface area contributed by atoms with Crippen molar-refractivity contribution in [1.82, 2.24) is 15.3 Å². The Balaban J connectivity index is 1.68. The molecule has 2 aromatic heterocycles. The lowest BCUT2D eigenvalue weighted by Crippen LogP contribution is -2.44. The highest BCUT2D eigenvalue weighted by molar-refractivity contribution is 5.94. The molecule has 0 saturated carbocycles. The molecule has 4 N–H and O–H groups in total. The third kappa shape index (κ3) is 4.52. The number of aryl methyl sites for hydroxylation is 1. The molecule has 0 radical (unpaired) electrons. The Morgan fingerprint density at radius 1 is 1.14 bits per heavy atom. The number of benzene rings is 1. The summed E-state index contributed by atoms with van der Waals surface area (Å²) >= 11 is 0. The normalized spacial score (nSPS) is 13.9. The zero-order valence-corrected chi connectivity index (χ0v) is 16.4. The third-order valence-corrected chi connectivity index (χ3v) is 4.88. The first-order chi connectivity index (χ1) is 14.1. The number of pyridine rings is 2. The standard InChI is InChI=1S/C22H24N6O/c1-15-3-2-4-18(11-15)26-20-13-16(5-6-25-20)19-12-17(22(23)29)14-21(27-19)28-9-7-24-8-10-28/h2-6,11-14,24H,7-10H2,1H3,(H2,23,29)(H,25,26). The average molecular weight is 388 g/mol. The van der Waals surface area contributed by atoms with E-state index in [2.05, 4.69) is 26.6 Å². The molecule has 0 aliphatic carbocycles. The fourth-order valence-corrected chi connectivity index (χ4v) is 3.39. The van der Waals surface area contributed by atoms with Gasteiger partial charge in [-0.05, 0) is 48.9 Å². The number of rotatable bonds is 5. The third-order valence-electron chi connectivity index (χ3n) is 4.88. The van der Waals surface area contributed by atoms with E-state index < -0.39 is 5.91 Å². The van der Waals surface area contributed by atoms with Crippen molar-refractivity contribution in [3.63, 3.8) is 0 Å². The summed E-state index contributed by atoms with van der Waals surface area (Å²) in [5, 5.41) is 6.65. The molecule has 1 aliphatic heterocycles. The molecule has 0 bridgehead atoms. The highest BCUT2D eigenvalue weighted by Gasteiger charge is 2.16. The topological polar surface area (TPSA) is 96.2 Å². The van der Waals surface area contributed by atoms with Crippen molar-refractivity contribution in [3.8, 4) is 11.3 Å². The molecular weight excluding hydrogens is 364 g/mol. The van der Waals surface area contributed by atoms with Gasteiger partial charge in [-0.25, -0.2) is 9.97 Å². The Hall–Kier alpha value is -3.45. The Bertz CT molecular complexity index is 1030. The first-order valence-electron chi connectivity index (χ1n) is 9.66. The number of amides is 1. The van der Waals surface area contributed by atoms with Crippen LogP contribution in [0.3, 0.4) is 0 Å². The lowest BCUT2D eigenvalue weighted by atomic mass is 10.1. The number of hydrogen-bond acceptors (Lipinski definition) is 6. The number of nitrogens with zero attached hydrogens (tertiary/aromatic N) is 3. The van der Waals surface area contributed by atoms with E-state index in [1.165, 1.54) is 5.56 Å². The Morgan fingerprint density at radius 2 is 1.97 bits per heavy atom. The van der Waals surface area contributed by atoms with Crippen LogP contribution in [0, 0.1) is 6.92 Å². The first-order valence-corrected chi connectivity index (χ1v) is 9.66. The average Bonchev–Trinajstić information content (AvgIpc) is 2.74. The van der Waals surface area contributed by atoms with Gasteiger partial charge in [0.1, 0.15) is 11.6 Å². The van der Waals surface area contributed by atoms with Crippen LogP contribution in [0.4, 0.5) is 17.3 Å². The molecule has 3 heterocycles. The maximum absolute atomic E-state index is 11.9. The number of nitrogens with one attached hydrogen (secondary N) is 2. The summed E-state index contributed by atoms with van der Waals surface area (Å²) in [5.74, 6) is 1.02. The maximum atomic E-state index is 11.9. The van der Waals surface area contributed by atoms with Crippen LogP contribution in [-0.2, 0) is 0 Å². The summed E-state index contributed by atoms with van der Waals surface area (Å²) in [7, 11) is 0. The van der Waals surface area contributed by atoms with Gasteiger partial charge in [-0.1, -0.05) is 12.1 Å². The summed E-state index contributed by atoms with van der Waals surface area (Å²) in [6, 6.07) is 15.4. The minimum atomic E-state index is -0.461. The van der Waals surface area contributed by atoms with Gasteiger partial charge in [0.15, 0.2) is 0 Å². The van der Waals surface area contributed by atoms with Gasteiger partial charge in [-0.15, -0.1) is 0 Å². The van der Waals surface area contributed by atoms with Crippen LogP contribution in [0.25, 0.3) is 11.3 Å². The summed E-state index contributed by atoms with van der Waals surface area (Å²) in [6.07, 6.45) is 1.73. The maximum Gasteiger partial charge on any atom is 0.248 e. The predicted molar refractivity (Wildman–Crippen MR) is 116 cm³/mol. The molecule has 0 atom stereocenters. The molecule has 0 unspecified atom stereocenters. The summed E-state index contributed by atoms with van der Waals surface area (Å²) in [4.78, 5) is 23.3.